The normalized spacial score (nSPS) is 19.4. The average Bonchev–Trinajstić information content (AvgIpc) is 3.15. The van der Waals surface area contributed by atoms with E-state index in [9.17, 15) is 0 Å². The van der Waals surface area contributed by atoms with Crippen molar-refractivity contribution < 1.29 is 9.47 Å². The molecule has 1 aromatic carbocycles. The highest BCUT2D eigenvalue weighted by Crippen LogP contribution is 2.42. The molecule has 1 heterocycles. The first-order valence-electron chi connectivity index (χ1n) is 7.79. The molecule has 5 heteroatoms. The Morgan fingerprint density at radius 2 is 2.10 bits per heavy atom. The molecule has 21 heavy (non-hydrogen) atoms. The van der Waals surface area contributed by atoms with E-state index in [1.165, 1.54) is 31.2 Å². The maximum atomic E-state index is 6.12. The van der Waals surface area contributed by atoms with E-state index in [2.05, 4.69) is 39.9 Å². The highest BCUT2D eigenvalue weighted by atomic mass is 79.9. The van der Waals surface area contributed by atoms with Crippen LogP contribution in [0.3, 0.4) is 0 Å². The van der Waals surface area contributed by atoms with Gasteiger partial charge in [0.2, 0.25) is 6.79 Å². The van der Waals surface area contributed by atoms with Gasteiger partial charge in [-0.15, -0.1) is 0 Å². The number of ether oxygens (including phenoxy) is 2. The molecule has 0 aromatic heterocycles. The summed E-state index contributed by atoms with van der Waals surface area (Å²) in [6.45, 7) is 4.17. The summed E-state index contributed by atoms with van der Waals surface area (Å²) in [4.78, 5) is 2.55. The number of nitrogens with two attached hydrogens (primary N) is 1. The van der Waals surface area contributed by atoms with Gasteiger partial charge in [0.05, 0.1) is 4.47 Å². The highest BCUT2D eigenvalue weighted by molar-refractivity contribution is 9.10. The minimum Gasteiger partial charge on any atom is -0.454 e. The summed E-state index contributed by atoms with van der Waals surface area (Å²) in [6.07, 6.45) is 5.25. The van der Waals surface area contributed by atoms with Gasteiger partial charge in [0, 0.05) is 18.6 Å². The van der Waals surface area contributed by atoms with Crippen molar-refractivity contribution in [2.24, 2.45) is 5.73 Å². The number of hydrogen-bond acceptors (Lipinski definition) is 4. The van der Waals surface area contributed by atoms with E-state index in [0.717, 1.165) is 22.5 Å². The predicted octanol–water partition coefficient (Wildman–Crippen LogP) is 3.44. The van der Waals surface area contributed by atoms with Gasteiger partial charge in [0.1, 0.15) is 0 Å². The lowest BCUT2D eigenvalue weighted by molar-refractivity contribution is 0.147. The Morgan fingerprint density at radius 1 is 1.33 bits per heavy atom. The molecule has 116 valence electrons. The van der Waals surface area contributed by atoms with Crippen molar-refractivity contribution in [3.8, 4) is 11.5 Å². The number of nitrogens with zero attached hydrogens (tertiary/aromatic N) is 1. The van der Waals surface area contributed by atoms with Crippen LogP contribution in [0.2, 0.25) is 0 Å². The third-order valence-electron chi connectivity index (χ3n) is 4.62. The van der Waals surface area contributed by atoms with Crippen molar-refractivity contribution in [2.75, 3.05) is 19.9 Å². The molecule has 1 saturated carbocycles. The summed E-state index contributed by atoms with van der Waals surface area (Å²) in [5.41, 5.74) is 7.33. The van der Waals surface area contributed by atoms with Gasteiger partial charge in [0.25, 0.3) is 0 Å². The summed E-state index contributed by atoms with van der Waals surface area (Å²) in [5.74, 6) is 1.62. The van der Waals surface area contributed by atoms with Gasteiger partial charge >= 0.3 is 0 Å². The standard InChI is InChI=1S/C16H23BrN2O2/c1-2-19(12-5-3-4-6-12)14(9-18)11-7-13(17)16-15(8-11)20-10-21-16/h7-8,12,14H,2-6,9-10,18H2,1H3. The molecule has 3 rings (SSSR count). The van der Waals surface area contributed by atoms with Crippen LogP contribution in [-0.2, 0) is 0 Å². The molecule has 1 aliphatic carbocycles. The summed E-state index contributed by atoms with van der Waals surface area (Å²) in [6, 6.07) is 5.11. The highest BCUT2D eigenvalue weighted by Gasteiger charge is 2.29. The van der Waals surface area contributed by atoms with E-state index >= 15 is 0 Å². The summed E-state index contributed by atoms with van der Waals surface area (Å²) < 4.78 is 12.0. The van der Waals surface area contributed by atoms with Crippen LogP contribution in [0.1, 0.15) is 44.2 Å². The van der Waals surface area contributed by atoms with E-state index < -0.39 is 0 Å². The van der Waals surface area contributed by atoms with Crippen molar-refractivity contribution in [1.29, 1.82) is 0 Å². The van der Waals surface area contributed by atoms with Crippen LogP contribution in [0.15, 0.2) is 16.6 Å². The Balaban J connectivity index is 1.90. The molecule has 1 fully saturated rings. The van der Waals surface area contributed by atoms with E-state index in [0.29, 0.717) is 19.4 Å². The summed E-state index contributed by atoms with van der Waals surface area (Å²) in [5, 5.41) is 0. The van der Waals surface area contributed by atoms with Crippen molar-refractivity contribution in [1.82, 2.24) is 4.90 Å². The molecular formula is C16H23BrN2O2. The molecule has 1 unspecified atom stereocenters. The van der Waals surface area contributed by atoms with Gasteiger partial charge < -0.3 is 15.2 Å². The minimum absolute atomic E-state index is 0.240. The van der Waals surface area contributed by atoms with Gasteiger partial charge in [-0.2, -0.15) is 0 Å². The average molecular weight is 355 g/mol. The fourth-order valence-corrected chi connectivity index (χ4v) is 4.19. The largest absolute Gasteiger partial charge is 0.454 e. The number of likely N-dealkylation sites (N-methyl/N-ethyl adjacent to an activating group) is 1. The van der Waals surface area contributed by atoms with Crippen LogP contribution in [0.25, 0.3) is 0 Å². The number of fused-ring (bicyclic) bond motifs is 1. The Hall–Kier alpha value is -0.780. The van der Waals surface area contributed by atoms with Crippen LogP contribution in [0.5, 0.6) is 11.5 Å². The van der Waals surface area contributed by atoms with Crippen LogP contribution in [-0.4, -0.2) is 30.8 Å². The smallest absolute Gasteiger partial charge is 0.231 e. The van der Waals surface area contributed by atoms with Crippen molar-refractivity contribution in [3.05, 3.63) is 22.2 Å². The molecule has 2 aliphatic rings. The molecule has 0 saturated heterocycles. The van der Waals surface area contributed by atoms with Crippen molar-refractivity contribution in [2.45, 2.75) is 44.7 Å². The number of halogens is 1. The quantitative estimate of drug-likeness (QED) is 0.879. The summed E-state index contributed by atoms with van der Waals surface area (Å²) >= 11 is 3.59. The monoisotopic (exact) mass is 354 g/mol. The molecule has 0 radical (unpaired) electrons. The maximum Gasteiger partial charge on any atom is 0.231 e. The van der Waals surface area contributed by atoms with Crippen molar-refractivity contribution in [3.63, 3.8) is 0 Å². The molecule has 0 amide bonds. The van der Waals surface area contributed by atoms with Crippen LogP contribution < -0.4 is 15.2 Å². The molecular weight excluding hydrogens is 332 g/mol. The SMILES string of the molecule is CCN(C1CCCC1)C(CN)c1cc(Br)c2c(c1)OCO2. The molecule has 0 spiro atoms. The number of hydrogen-bond donors (Lipinski definition) is 1. The molecule has 1 aliphatic heterocycles. The van der Waals surface area contributed by atoms with E-state index in [1.807, 2.05) is 0 Å². The fourth-order valence-electron chi connectivity index (χ4n) is 3.61. The van der Waals surface area contributed by atoms with Gasteiger partial charge in [-0.1, -0.05) is 19.8 Å². The second kappa shape index (κ2) is 6.55. The Morgan fingerprint density at radius 3 is 2.76 bits per heavy atom. The molecule has 0 bridgehead atoms. The van der Waals surface area contributed by atoms with Gasteiger partial charge in [-0.25, -0.2) is 0 Å². The third-order valence-corrected chi connectivity index (χ3v) is 5.21. The van der Waals surface area contributed by atoms with Crippen molar-refractivity contribution >= 4 is 15.9 Å². The lowest BCUT2D eigenvalue weighted by atomic mass is 10.0. The zero-order valence-electron chi connectivity index (χ0n) is 12.5. The second-order valence-electron chi connectivity index (χ2n) is 5.76. The van der Waals surface area contributed by atoms with Crippen LogP contribution in [0, 0.1) is 0 Å². The first-order valence-corrected chi connectivity index (χ1v) is 8.58. The maximum absolute atomic E-state index is 6.12. The molecule has 1 atom stereocenters. The van der Waals surface area contributed by atoms with E-state index in [-0.39, 0.29) is 6.04 Å². The predicted molar refractivity (Wildman–Crippen MR) is 86.7 cm³/mol. The van der Waals surface area contributed by atoms with Gasteiger partial charge in [-0.3, -0.25) is 4.90 Å². The molecule has 1 aromatic rings. The second-order valence-corrected chi connectivity index (χ2v) is 6.61. The number of benzene rings is 1. The lowest BCUT2D eigenvalue weighted by Crippen LogP contribution is -2.40. The Kier molecular flexibility index (Phi) is 4.72. The Bertz CT molecular complexity index is 503. The van der Waals surface area contributed by atoms with E-state index in [1.54, 1.807) is 0 Å². The topological polar surface area (TPSA) is 47.7 Å². The summed E-state index contributed by atoms with van der Waals surface area (Å²) in [7, 11) is 0. The van der Waals surface area contributed by atoms with Gasteiger partial charge in [-0.05, 0) is 53.0 Å². The zero-order chi connectivity index (χ0) is 14.8. The fraction of sp³-hybridized carbons (Fsp3) is 0.625. The van der Waals surface area contributed by atoms with Gasteiger partial charge in [0.15, 0.2) is 11.5 Å². The Labute approximate surface area is 134 Å². The minimum atomic E-state index is 0.240. The van der Waals surface area contributed by atoms with Crippen LogP contribution in [0.4, 0.5) is 0 Å². The third kappa shape index (κ3) is 2.91. The molecule has 4 nitrogen and oxygen atoms in total. The molecule has 2 N–H and O–H groups in total. The lowest BCUT2D eigenvalue weighted by Gasteiger charge is -2.35. The first-order chi connectivity index (χ1) is 10.2. The van der Waals surface area contributed by atoms with Crippen LogP contribution >= 0.6 is 15.9 Å². The zero-order valence-corrected chi connectivity index (χ0v) is 14.1. The number of rotatable bonds is 5. The van der Waals surface area contributed by atoms with E-state index in [4.69, 9.17) is 15.2 Å². The first kappa shape index (κ1) is 15.1.